The van der Waals surface area contributed by atoms with Crippen LogP contribution in [0.4, 0.5) is 0 Å². The molecule has 0 saturated heterocycles. The first-order valence-corrected chi connectivity index (χ1v) is 12.3. The van der Waals surface area contributed by atoms with E-state index in [4.69, 9.17) is 0 Å². The van der Waals surface area contributed by atoms with E-state index in [9.17, 15) is 9.90 Å². The Balaban J connectivity index is 1.74. The number of unbranched alkanes of at least 4 members (excludes halogenated alkanes) is 2. The molecule has 1 unspecified atom stereocenters. The Morgan fingerprint density at radius 1 is 1.03 bits per heavy atom. The molecule has 176 valence electrons. The number of nitrogens with zero attached hydrogens (tertiary/aromatic N) is 2. The van der Waals surface area contributed by atoms with Gasteiger partial charge in [-0.3, -0.25) is 4.79 Å². The Hall–Kier alpha value is -2.69. The van der Waals surface area contributed by atoms with Gasteiger partial charge in [0.1, 0.15) is 0 Å². The highest BCUT2D eigenvalue weighted by Crippen LogP contribution is 2.23. The van der Waals surface area contributed by atoms with Gasteiger partial charge in [0.25, 0.3) is 0 Å². The lowest BCUT2D eigenvalue weighted by atomic mass is 10.1. The van der Waals surface area contributed by atoms with E-state index in [-0.39, 0.29) is 5.78 Å². The fourth-order valence-electron chi connectivity index (χ4n) is 4.18. The summed E-state index contributed by atoms with van der Waals surface area (Å²) in [6, 6.07) is 15.8. The average molecular weight is 447 g/mol. The largest absolute Gasteiger partial charge is 0.390 e. The molecule has 33 heavy (non-hydrogen) atoms. The summed E-state index contributed by atoms with van der Waals surface area (Å²) >= 11 is 0. The number of benzene rings is 2. The van der Waals surface area contributed by atoms with Crippen molar-refractivity contribution in [2.24, 2.45) is 0 Å². The van der Waals surface area contributed by atoms with Gasteiger partial charge in [0.15, 0.2) is 5.78 Å². The molecule has 0 aliphatic heterocycles. The maximum Gasteiger partial charge on any atom is 0.185 e. The fraction of sp³-hybridized carbons (Fsp3) is 0.414. The number of aryl methyl sites for hydroxylation is 1. The first-order chi connectivity index (χ1) is 16.0. The van der Waals surface area contributed by atoms with Gasteiger partial charge in [0.05, 0.1) is 6.10 Å². The zero-order valence-electron chi connectivity index (χ0n) is 20.3. The van der Waals surface area contributed by atoms with Crippen LogP contribution in [0.25, 0.3) is 17.0 Å². The number of hydrogen-bond acceptors (Lipinski definition) is 3. The fourth-order valence-corrected chi connectivity index (χ4v) is 4.18. The number of ketones is 1. The smallest absolute Gasteiger partial charge is 0.185 e. The van der Waals surface area contributed by atoms with Crippen molar-refractivity contribution in [2.45, 2.75) is 59.1 Å². The number of hydrogen-bond donors (Lipinski definition) is 1. The highest BCUT2D eigenvalue weighted by Gasteiger charge is 2.14. The molecule has 1 atom stereocenters. The summed E-state index contributed by atoms with van der Waals surface area (Å²) in [5.74, 6) is -0.00523. The van der Waals surface area contributed by atoms with Crippen LogP contribution in [0.2, 0.25) is 0 Å². The Morgan fingerprint density at radius 2 is 1.70 bits per heavy atom. The molecule has 1 N–H and O–H groups in total. The minimum atomic E-state index is -0.444. The monoisotopic (exact) mass is 446 g/mol. The standard InChI is InChI=1S/C29H38N2O2/c1-4-6-18-30(19-7-5-2)21-26(32)22-31-20-25(27-10-8-9-11-28(27)31)16-17-29(33)24-14-12-23(3)13-15-24/h8-17,20,26,32H,4-7,18-19,21-22H2,1-3H3/b17-16+. The van der Waals surface area contributed by atoms with Crippen molar-refractivity contribution in [1.29, 1.82) is 0 Å². The van der Waals surface area contributed by atoms with Crippen LogP contribution < -0.4 is 0 Å². The van der Waals surface area contributed by atoms with Gasteiger partial charge < -0.3 is 14.6 Å². The van der Waals surface area contributed by atoms with E-state index in [0.717, 1.165) is 60.8 Å². The van der Waals surface area contributed by atoms with E-state index in [0.29, 0.717) is 18.7 Å². The van der Waals surface area contributed by atoms with Crippen LogP contribution in [0, 0.1) is 6.92 Å². The van der Waals surface area contributed by atoms with E-state index in [1.165, 1.54) is 0 Å². The molecular formula is C29H38N2O2. The summed E-state index contributed by atoms with van der Waals surface area (Å²) in [5, 5.41) is 12.0. The van der Waals surface area contributed by atoms with Crippen molar-refractivity contribution in [3.8, 4) is 0 Å². The van der Waals surface area contributed by atoms with Gasteiger partial charge in [-0.05, 0) is 51.1 Å². The Bertz CT molecular complexity index is 1040. The third-order valence-electron chi connectivity index (χ3n) is 6.10. The number of allylic oxidation sites excluding steroid dienone is 1. The molecule has 4 heteroatoms. The second-order valence-electron chi connectivity index (χ2n) is 8.98. The predicted molar refractivity (Wildman–Crippen MR) is 139 cm³/mol. The topological polar surface area (TPSA) is 45.5 Å². The van der Waals surface area contributed by atoms with Crippen LogP contribution in [0.3, 0.4) is 0 Å². The van der Waals surface area contributed by atoms with E-state index < -0.39 is 6.10 Å². The predicted octanol–water partition coefficient (Wildman–Crippen LogP) is 6.11. The first kappa shape index (κ1) is 24.9. The van der Waals surface area contributed by atoms with E-state index in [1.807, 2.05) is 49.4 Å². The minimum absolute atomic E-state index is 0.00523. The molecule has 2 aromatic carbocycles. The lowest BCUT2D eigenvalue weighted by Gasteiger charge is -2.25. The zero-order valence-corrected chi connectivity index (χ0v) is 20.3. The summed E-state index contributed by atoms with van der Waals surface area (Å²) < 4.78 is 2.12. The van der Waals surface area contributed by atoms with Gasteiger partial charge in [-0.2, -0.15) is 0 Å². The van der Waals surface area contributed by atoms with E-state index in [1.54, 1.807) is 6.08 Å². The normalized spacial score (nSPS) is 12.8. The molecule has 3 aromatic rings. The maximum atomic E-state index is 12.6. The van der Waals surface area contributed by atoms with Crippen LogP contribution in [-0.4, -0.2) is 46.1 Å². The molecule has 0 aliphatic carbocycles. The average Bonchev–Trinajstić information content (AvgIpc) is 3.17. The summed E-state index contributed by atoms with van der Waals surface area (Å²) in [4.78, 5) is 15.0. The number of rotatable bonds is 13. The lowest BCUT2D eigenvalue weighted by Crippen LogP contribution is -2.36. The first-order valence-electron chi connectivity index (χ1n) is 12.3. The van der Waals surface area contributed by atoms with E-state index >= 15 is 0 Å². The molecule has 4 nitrogen and oxygen atoms in total. The van der Waals surface area contributed by atoms with Gasteiger partial charge in [-0.25, -0.2) is 0 Å². The lowest BCUT2D eigenvalue weighted by molar-refractivity contribution is 0.0973. The summed E-state index contributed by atoms with van der Waals surface area (Å²) in [7, 11) is 0. The molecule has 0 spiro atoms. The molecule has 0 amide bonds. The Morgan fingerprint density at radius 3 is 2.36 bits per heavy atom. The summed E-state index contributed by atoms with van der Waals surface area (Å²) in [5.41, 5.74) is 3.90. The van der Waals surface area contributed by atoms with Gasteiger partial charge in [-0.15, -0.1) is 0 Å². The number of carbonyl (C=O) groups is 1. The van der Waals surface area contributed by atoms with Crippen LogP contribution in [0.1, 0.15) is 61.0 Å². The Labute approximate surface area is 198 Å². The third-order valence-corrected chi connectivity index (χ3v) is 6.10. The number of para-hydroxylation sites is 1. The summed E-state index contributed by atoms with van der Waals surface area (Å²) in [6.07, 6.45) is 9.79. The zero-order chi connectivity index (χ0) is 23.6. The van der Waals surface area contributed by atoms with Crippen LogP contribution in [0.5, 0.6) is 0 Å². The quantitative estimate of drug-likeness (QED) is 0.254. The van der Waals surface area contributed by atoms with Crippen LogP contribution in [0.15, 0.2) is 60.8 Å². The second kappa shape index (κ2) is 12.5. The molecule has 0 radical (unpaired) electrons. The van der Waals surface area contributed by atoms with Crippen LogP contribution in [-0.2, 0) is 6.54 Å². The molecule has 3 rings (SSSR count). The van der Waals surface area contributed by atoms with Gasteiger partial charge in [-0.1, -0.05) is 74.7 Å². The summed E-state index contributed by atoms with van der Waals surface area (Å²) in [6.45, 7) is 9.72. The third kappa shape index (κ3) is 7.15. The van der Waals surface area contributed by atoms with Crippen LogP contribution >= 0.6 is 0 Å². The van der Waals surface area contributed by atoms with Crippen molar-refractivity contribution in [3.63, 3.8) is 0 Å². The Kier molecular flexibility index (Phi) is 9.47. The number of aliphatic hydroxyl groups excluding tert-OH is 1. The molecule has 1 aromatic heterocycles. The number of aromatic nitrogens is 1. The van der Waals surface area contributed by atoms with Crippen molar-refractivity contribution < 1.29 is 9.90 Å². The van der Waals surface area contributed by atoms with Gasteiger partial charge in [0, 0.05) is 41.3 Å². The van der Waals surface area contributed by atoms with Crippen molar-refractivity contribution in [3.05, 3.63) is 77.5 Å². The minimum Gasteiger partial charge on any atom is -0.390 e. The highest BCUT2D eigenvalue weighted by molar-refractivity contribution is 6.07. The maximum absolute atomic E-state index is 12.6. The van der Waals surface area contributed by atoms with Crippen molar-refractivity contribution >= 4 is 22.8 Å². The SMILES string of the molecule is CCCCN(CCCC)CC(O)Cn1cc(/C=C/C(=O)c2ccc(C)cc2)c2ccccc21. The highest BCUT2D eigenvalue weighted by atomic mass is 16.3. The van der Waals surface area contributed by atoms with Crippen molar-refractivity contribution in [2.75, 3.05) is 19.6 Å². The molecule has 0 fully saturated rings. The number of carbonyl (C=O) groups excluding carboxylic acids is 1. The van der Waals surface area contributed by atoms with Gasteiger partial charge >= 0.3 is 0 Å². The number of fused-ring (bicyclic) bond motifs is 1. The van der Waals surface area contributed by atoms with Gasteiger partial charge in [0.2, 0.25) is 0 Å². The molecule has 0 bridgehead atoms. The second-order valence-corrected chi connectivity index (χ2v) is 8.98. The molecule has 1 heterocycles. The van der Waals surface area contributed by atoms with Crippen molar-refractivity contribution in [1.82, 2.24) is 9.47 Å². The molecular weight excluding hydrogens is 408 g/mol. The number of aliphatic hydroxyl groups is 1. The van der Waals surface area contributed by atoms with E-state index in [2.05, 4.69) is 41.6 Å². The molecule has 0 aliphatic rings. The molecule has 0 saturated carbocycles.